The van der Waals surface area contributed by atoms with Crippen molar-refractivity contribution in [3.8, 4) is 23.0 Å². The highest BCUT2D eigenvalue weighted by atomic mass is 35.5. The minimum atomic E-state index is 0. The second-order valence-electron chi connectivity index (χ2n) is 9.02. The van der Waals surface area contributed by atoms with Crippen LogP contribution in [0.3, 0.4) is 0 Å². The molecular formula is C28H30Cl3N3O3. The van der Waals surface area contributed by atoms with Gasteiger partial charge in [0.05, 0.1) is 5.69 Å². The van der Waals surface area contributed by atoms with Crippen LogP contribution >= 0.6 is 36.4 Å². The summed E-state index contributed by atoms with van der Waals surface area (Å²) >= 11 is 6.11. The van der Waals surface area contributed by atoms with E-state index in [1.807, 2.05) is 42.5 Å². The monoisotopic (exact) mass is 561 g/mol. The Balaban J connectivity index is 0.00000160. The van der Waals surface area contributed by atoms with Crippen molar-refractivity contribution < 1.29 is 14.2 Å². The number of fused-ring (bicyclic) bond motifs is 2. The van der Waals surface area contributed by atoms with E-state index >= 15 is 0 Å². The molecule has 9 heteroatoms. The first-order valence-corrected chi connectivity index (χ1v) is 12.5. The number of aromatic nitrogens is 1. The van der Waals surface area contributed by atoms with Gasteiger partial charge in [0.2, 0.25) is 6.79 Å². The lowest BCUT2D eigenvalue weighted by Gasteiger charge is -2.36. The number of benzene rings is 3. The Morgan fingerprint density at radius 3 is 2.57 bits per heavy atom. The minimum absolute atomic E-state index is 0. The Morgan fingerprint density at radius 1 is 0.892 bits per heavy atom. The van der Waals surface area contributed by atoms with Crippen molar-refractivity contribution >= 4 is 53.0 Å². The Kier molecular flexibility index (Phi) is 8.98. The molecule has 0 bridgehead atoms. The van der Waals surface area contributed by atoms with Gasteiger partial charge in [0.15, 0.2) is 17.2 Å². The molecular weight excluding hydrogens is 533 g/mol. The van der Waals surface area contributed by atoms with Crippen LogP contribution < -0.4 is 19.1 Å². The topological polar surface area (TPSA) is 50.0 Å². The van der Waals surface area contributed by atoms with E-state index in [4.69, 9.17) is 25.8 Å². The molecule has 0 saturated carbocycles. The van der Waals surface area contributed by atoms with E-state index in [2.05, 4.69) is 39.2 Å². The summed E-state index contributed by atoms with van der Waals surface area (Å²) in [5.41, 5.74) is 3.61. The van der Waals surface area contributed by atoms with Gasteiger partial charge in [-0.3, -0.25) is 4.90 Å². The number of halogens is 3. The molecule has 196 valence electrons. The number of nitrogens with one attached hydrogen (secondary N) is 1. The number of rotatable bonds is 7. The smallest absolute Gasteiger partial charge is 0.231 e. The Labute approximate surface area is 234 Å². The van der Waals surface area contributed by atoms with Gasteiger partial charge in [-0.25, -0.2) is 0 Å². The number of aromatic amines is 1. The van der Waals surface area contributed by atoms with Crippen LogP contribution in [0.5, 0.6) is 23.0 Å². The molecule has 0 unspecified atom stereocenters. The number of para-hydroxylation sites is 2. The van der Waals surface area contributed by atoms with Crippen LogP contribution in [0.15, 0.2) is 66.9 Å². The number of aryl methyl sites for hydroxylation is 1. The van der Waals surface area contributed by atoms with E-state index in [1.54, 1.807) is 0 Å². The lowest BCUT2D eigenvalue weighted by Crippen LogP contribution is -2.46. The molecule has 3 heterocycles. The largest absolute Gasteiger partial charge is 0.455 e. The highest BCUT2D eigenvalue weighted by molar-refractivity contribution is 6.31. The molecule has 1 aromatic heterocycles. The van der Waals surface area contributed by atoms with E-state index in [0.29, 0.717) is 0 Å². The van der Waals surface area contributed by atoms with Gasteiger partial charge in [0.1, 0.15) is 5.75 Å². The average molecular weight is 563 g/mol. The highest BCUT2D eigenvalue weighted by Gasteiger charge is 2.21. The fraction of sp³-hybridized carbons (Fsp3) is 0.286. The Morgan fingerprint density at radius 2 is 1.70 bits per heavy atom. The van der Waals surface area contributed by atoms with Crippen LogP contribution in [-0.4, -0.2) is 49.4 Å². The van der Waals surface area contributed by atoms with Gasteiger partial charge in [-0.2, -0.15) is 0 Å². The Hall–Kier alpha value is -2.77. The van der Waals surface area contributed by atoms with E-state index in [1.165, 1.54) is 10.9 Å². The summed E-state index contributed by atoms with van der Waals surface area (Å²) in [5, 5.41) is 2.05. The third-order valence-corrected chi connectivity index (χ3v) is 7.04. The summed E-state index contributed by atoms with van der Waals surface area (Å²) in [5.74, 6) is 3.10. The van der Waals surface area contributed by atoms with Gasteiger partial charge < -0.3 is 24.1 Å². The number of nitrogens with zero attached hydrogens (tertiary/aromatic N) is 2. The van der Waals surface area contributed by atoms with Crippen LogP contribution in [0.25, 0.3) is 10.9 Å². The summed E-state index contributed by atoms with van der Waals surface area (Å²) in [6.45, 7) is 5.41. The molecule has 4 aromatic rings. The molecule has 1 N–H and O–H groups in total. The number of hydrogen-bond acceptors (Lipinski definition) is 5. The molecule has 2 aliphatic heterocycles. The molecule has 0 radical (unpaired) electrons. The first kappa shape index (κ1) is 27.3. The Bertz CT molecular complexity index is 1340. The molecule has 2 aliphatic rings. The SMILES string of the molecule is Cl.Cl.Clc1ccc2c(CCCN3CCN(c4ccccc4Oc4ccc5c(c4)OCO5)CC3)c[nH]c2c1. The first-order valence-electron chi connectivity index (χ1n) is 12.1. The second-order valence-corrected chi connectivity index (χ2v) is 9.46. The van der Waals surface area contributed by atoms with Crippen molar-refractivity contribution in [2.24, 2.45) is 0 Å². The molecule has 3 aromatic carbocycles. The molecule has 0 aliphatic carbocycles. The minimum Gasteiger partial charge on any atom is -0.455 e. The molecule has 1 fully saturated rings. The zero-order chi connectivity index (χ0) is 23.6. The summed E-state index contributed by atoms with van der Waals surface area (Å²) in [4.78, 5) is 8.32. The summed E-state index contributed by atoms with van der Waals surface area (Å²) in [6, 6.07) is 20.0. The predicted molar refractivity (Wildman–Crippen MR) is 154 cm³/mol. The van der Waals surface area contributed by atoms with Crippen molar-refractivity contribution in [3.05, 3.63) is 77.4 Å². The number of hydrogen-bond donors (Lipinski definition) is 1. The molecule has 1 saturated heterocycles. The van der Waals surface area contributed by atoms with Crippen molar-refractivity contribution in [1.29, 1.82) is 0 Å². The second kappa shape index (κ2) is 12.2. The lowest BCUT2D eigenvalue weighted by molar-refractivity contribution is 0.174. The van der Waals surface area contributed by atoms with E-state index in [9.17, 15) is 0 Å². The van der Waals surface area contributed by atoms with Gasteiger partial charge >= 0.3 is 0 Å². The third kappa shape index (κ3) is 6.04. The zero-order valence-electron chi connectivity index (χ0n) is 20.3. The molecule has 37 heavy (non-hydrogen) atoms. The fourth-order valence-corrected chi connectivity index (χ4v) is 5.11. The molecule has 0 amide bonds. The van der Waals surface area contributed by atoms with Crippen LogP contribution in [0.4, 0.5) is 5.69 Å². The van der Waals surface area contributed by atoms with Crippen molar-refractivity contribution in [2.45, 2.75) is 12.8 Å². The number of piperazine rings is 1. The molecule has 0 atom stereocenters. The van der Waals surface area contributed by atoms with Gasteiger partial charge in [0, 0.05) is 54.4 Å². The van der Waals surface area contributed by atoms with Gasteiger partial charge in [-0.05, 0) is 61.3 Å². The maximum Gasteiger partial charge on any atom is 0.231 e. The van der Waals surface area contributed by atoms with E-state index < -0.39 is 0 Å². The van der Waals surface area contributed by atoms with Gasteiger partial charge in [-0.1, -0.05) is 29.8 Å². The number of ether oxygens (including phenoxy) is 3. The van der Waals surface area contributed by atoms with Gasteiger partial charge in [0.25, 0.3) is 0 Å². The van der Waals surface area contributed by atoms with Crippen LogP contribution in [-0.2, 0) is 6.42 Å². The number of H-pyrrole nitrogens is 1. The number of anilines is 1. The van der Waals surface area contributed by atoms with Crippen LogP contribution in [0.2, 0.25) is 5.02 Å². The average Bonchev–Trinajstić information content (AvgIpc) is 3.51. The van der Waals surface area contributed by atoms with Gasteiger partial charge in [-0.15, -0.1) is 24.8 Å². The maximum atomic E-state index is 6.26. The van der Waals surface area contributed by atoms with E-state index in [-0.39, 0.29) is 31.6 Å². The first-order chi connectivity index (χ1) is 17.2. The quantitative estimate of drug-likeness (QED) is 0.264. The lowest BCUT2D eigenvalue weighted by atomic mass is 10.1. The summed E-state index contributed by atoms with van der Waals surface area (Å²) in [6.07, 6.45) is 4.32. The maximum absolute atomic E-state index is 6.26. The highest BCUT2D eigenvalue weighted by Crippen LogP contribution is 2.39. The zero-order valence-corrected chi connectivity index (χ0v) is 22.7. The standard InChI is InChI=1S/C28H28ClN3O3.2ClH/c29-21-7-9-23-20(18-30-24(23)16-21)4-3-11-31-12-14-32(15-13-31)25-5-1-2-6-26(25)35-22-8-10-27-28(17-22)34-19-33-27;;/h1-2,5-10,16-18,30H,3-4,11-15,19H2;2*1H. The fourth-order valence-electron chi connectivity index (χ4n) is 4.94. The molecule has 6 rings (SSSR count). The molecule has 6 nitrogen and oxygen atoms in total. The molecule has 0 spiro atoms. The van der Waals surface area contributed by atoms with Crippen molar-refractivity contribution in [2.75, 3.05) is 44.4 Å². The normalized spacial score (nSPS) is 14.8. The summed E-state index contributed by atoms with van der Waals surface area (Å²) in [7, 11) is 0. The van der Waals surface area contributed by atoms with Crippen molar-refractivity contribution in [3.63, 3.8) is 0 Å². The van der Waals surface area contributed by atoms with Crippen LogP contribution in [0, 0.1) is 0 Å². The summed E-state index contributed by atoms with van der Waals surface area (Å²) < 4.78 is 17.2. The van der Waals surface area contributed by atoms with Crippen molar-refractivity contribution in [1.82, 2.24) is 9.88 Å². The predicted octanol–water partition coefficient (Wildman–Crippen LogP) is 6.94. The third-order valence-electron chi connectivity index (χ3n) is 6.80. The van der Waals surface area contributed by atoms with Crippen LogP contribution in [0.1, 0.15) is 12.0 Å². The van der Waals surface area contributed by atoms with E-state index in [0.717, 1.165) is 84.8 Å².